The molecule has 3 aromatic heterocycles. The van der Waals surface area contributed by atoms with Gasteiger partial charge in [-0.25, -0.2) is 9.97 Å². The van der Waals surface area contributed by atoms with Gasteiger partial charge < -0.3 is 4.90 Å². The highest BCUT2D eigenvalue weighted by molar-refractivity contribution is 5.48. The highest BCUT2D eigenvalue weighted by atomic mass is 15.4. The Morgan fingerprint density at radius 2 is 1.88 bits per heavy atom. The van der Waals surface area contributed by atoms with E-state index < -0.39 is 0 Å². The van der Waals surface area contributed by atoms with E-state index in [1.165, 1.54) is 5.56 Å². The van der Waals surface area contributed by atoms with Crippen LogP contribution in [0.5, 0.6) is 0 Å². The number of nitrogens with zero attached hydrogens (tertiary/aromatic N) is 8. The molecule has 8 heteroatoms. The Kier molecular flexibility index (Phi) is 4.17. The van der Waals surface area contributed by atoms with E-state index in [1.54, 1.807) is 18.5 Å². The zero-order valence-corrected chi connectivity index (χ0v) is 14.6. The van der Waals surface area contributed by atoms with Crippen molar-refractivity contribution in [3.05, 3.63) is 36.4 Å². The molecule has 0 aliphatic carbocycles. The van der Waals surface area contributed by atoms with Gasteiger partial charge in [-0.15, -0.1) is 10.2 Å². The molecule has 0 saturated carbocycles. The fourth-order valence-corrected chi connectivity index (χ4v) is 3.46. The Hall–Kier alpha value is -2.77. The van der Waals surface area contributed by atoms with Gasteiger partial charge in [-0.2, -0.15) is 5.10 Å². The number of hydrogen-bond donors (Lipinski definition) is 0. The van der Waals surface area contributed by atoms with Crippen molar-refractivity contribution >= 4 is 5.95 Å². The van der Waals surface area contributed by atoms with E-state index in [2.05, 4.69) is 47.9 Å². The van der Waals surface area contributed by atoms with Crippen LogP contribution in [0.25, 0.3) is 11.6 Å². The smallest absolute Gasteiger partial charge is 0.227 e. The Morgan fingerprint density at radius 1 is 1.12 bits per heavy atom. The van der Waals surface area contributed by atoms with Crippen molar-refractivity contribution < 1.29 is 0 Å². The van der Waals surface area contributed by atoms with Gasteiger partial charge in [0.05, 0.1) is 6.20 Å². The number of hydrogen-bond acceptors (Lipinski definition) is 6. The van der Waals surface area contributed by atoms with Crippen LogP contribution in [-0.4, -0.2) is 47.6 Å². The van der Waals surface area contributed by atoms with Crippen molar-refractivity contribution in [1.29, 1.82) is 0 Å². The molecule has 0 atom stereocenters. The second-order valence-corrected chi connectivity index (χ2v) is 6.35. The molecule has 130 valence electrons. The molecule has 0 bridgehead atoms. The summed E-state index contributed by atoms with van der Waals surface area (Å²) in [7, 11) is 1.97. The Balaban J connectivity index is 1.52. The van der Waals surface area contributed by atoms with E-state index in [0.29, 0.717) is 11.7 Å². The second-order valence-electron chi connectivity index (χ2n) is 6.35. The summed E-state index contributed by atoms with van der Waals surface area (Å²) in [4.78, 5) is 10.9. The zero-order chi connectivity index (χ0) is 17.2. The number of anilines is 1. The van der Waals surface area contributed by atoms with Crippen molar-refractivity contribution in [2.45, 2.75) is 32.2 Å². The molecular weight excluding hydrogens is 316 g/mol. The minimum atomic E-state index is 0.569. The Morgan fingerprint density at radius 3 is 2.52 bits per heavy atom. The van der Waals surface area contributed by atoms with Gasteiger partial charge >= 0.3 is 0 Å². The summed E-state index contributed by atoms with van der Waals surface area (Å²) in [5.41, 5.74) is 1.33. The van der Waals surface area contributed by atoms with E-state index in [9.17, 15) is 0 Å². The molecule has 1 fully saturated rings. The van der Waals surface area contributed by atoms with E-state index in [1.807, 2.05) is 17.9 Å². The first-order chi connectivity index (χ1) is 12.3. The molecule has 1 aliphatic rings. The second kappa shape index (κ2) is 6.62. The van der Waals surface area contributed by atoms with Gasteiger partial charge in [0, 0.05) is 45.3 Å². The van der Waals surface area contributed by atoms with Crippen molar-refractivity contribution in [3.8, 4) is 11.6 Å². The third-order valence-electron chi connectivity index (χ3n) is 4.79. The van der Waals surface area contributed by atoms with Crippen LogP contribution in [-0.2, 0) is 13.6 Å². The average Bonchev–Trinajstić information content (AvgIpc) is 3.28. The van der Waals surface area contributed by atoms with Crippen LogP contribution in [0.1, 0.15) is 31.2 Å². The first kappa shape index (κ1) is 15.7. The minimum absolute atomic E-state index is 0.569. The third-order valence-corrected chi connectivity index (χ3v) is 4.79. The maximum Gasteiger partial charge on any atom is 0.227 e. The molecule has 0 radical (unpaired) electrons. The van der Waals surface area contributed by atoms with E-state index in [4.69, 9.17) is 0 Å². The molecule has 0 spiro atoms. The SMILES string of the molecule is CCn1c(-c2ncccn2)nnc1N1CCC(c2cnn(C)c2)CC1. The van der Waals surface area contributed by atoms with Gasteiger partial charge in [0.15, 0.2) is 5.82 Å². The van der Waals surface area contributed by atoms with Crippen LogP contribution in [0.3, 0.4) is 0 Å². The maximum atomic E-state index is 4.43. The van der Waals surface area contributed by atoms with E-state index >= 15 is 0 Å². The van der Waals surface area contributed by atoms with Gasteiger partial charge in [0.1, 0.15) is 0 Å². The lowest BCUT2D eigenvalue weighted by atomic mass is 9.92. The molecule has 4 heterocycles. The maximum absolute atomic E-state index is 4.43. The summed E-state index contributed by atoms with van der Waals surface area (Å²) in [6, 6.07) is 1.81. The van der Waals surface area contributed by atoms with Crippen molar-refractivity contribution in [2.24, 2.45) is 7.05 Å². The van der Waals surface area contributed by atoms with Crippen molar-refractivity contribution in [1.82, 2.24) is 34.5 Å². The predicted octanol–water partition coefficient (Wildman–Crippen LogP) is 1.87. The summed E-state index contributed by atoms with van der Waals surface area (Å²) in [6.45, 7) is 4.82. The van der Waals surface area contributed by atoms with Gasteiger partial charge in [0.25, 0.3) is 0 Å². The summed E-state index contributed by atoms with van der Waals surface area (Å²) < 4.78 is 3.97. The molecule has 8 nitrogen and oxygen atoms in total. The quantitative estimate of drug-likeness (QED) is 0.723. The fraction of sp³-hybridized carbons (Fsp3) is 0.471. The molecule has 0 unspecified atom stereocenters. The third kappa shape index (κ3) is 2.99. The Bertz CT molecular complexity index is 829. The van der Waals surface area contributed by atoms with Crippen LogP contribution < -0.4 is 4.90 Å². The first-order valence-electron chi connectivity index (χ1n) is 8.70. The minimum Gasteiger partial charge on any atom is -0.341 e. The Labute approximate surface area is 146 Å². The van der Waals surface area contributed by atoms with Gasteiger partial charge in [-0.1, -0.05) is 0 Å². The highest BCUT2D eigenvalue weighted by Crippen LogP contribution is 2.30. The number of aryl methyl sites for hydroxylation is 1. The normalized spacial score (nSPS) is 15.7. The number of rotatable bonds is 4. The number of aromatic nitrogens is 7. The zero-order valence-electron chi connectivity index (χ0n) is 14.6. The largest absolute Gasteiger partial charge is 0.341 e. The standard InChI is InChI=1S/C17H22N8/c1-3-25-16(15-18-7-4-8-19-15)21-22-17(25)24-9-5-13(6-10-24)14-11-20-23(2)12-14/h4,7-8,11-13H,3,5-6,9-10H2,1-2H3. The molecule has 25 heavy (non-hydrogen) atoms. The fourth-order valence-electron chi connectivity index (χ4n) is 3.46. The molecule has 0 aromatic carbocycles. The van der Waals surface area contributed by atoms with E-state index in [0.717, 1.165) is 44.2 Å². The summed E-state index contributed by atoms with van der Waals surface area (Å²) in [6.07, 6.45) is 9.77. The topological polar surface area (TPSA) is 77.6 Å². The van der Waals surface area contributed by atoms with Crippen molar-refractivity contribution in [3.63, 3.8) is 0 Å². The van der Waals surface area contributed by atoms with Crippen LogP contribution in [0.2, 0.25) is 0 Å². The monoisotopic (exact) mass is 338 g/mol. The molecular formula is C17H22N8. The molecule has 1 saturated heterocycles. The average molecular weight is 338 g/mol. The van der Waals surface area contributed by atoms with E-state index in [-0.39, 0.29) is 0 Å². The first-order valence-corrected chi connectivity index (χ1v) is 8.70. The molecule has 0 N–H and O–H groups in total. The van der Waals surface area contributed by atoms with Crippen molar-refractivity contribution in [2.75, 3.05) is 18.0 Å². The lowest BCUT2D eigenvalue weighted by Crippen LogP contribution is -2.34. The molecule has 4 rings (SSSR count). The van der Waals surface area contributed by atoms with Gasteiger partial charge in [-0.3, -0.25) is 9.25 Å². The molecule has 3 aromatic rings. The lowest BCUT2D eigenvalue weighted by Gasteiger charge is -2.32. The summed E-state index contributed by atoms with van der Waals surface area (Å²) in [5.74, 6) is 2.83. The highest BCUT2D eigenvalue weighted by Gasteiger charge is 2.26. The predicted molar refractivity (Wildman–Crippen MR) is 94.1 cm³/mol. The van der Waals surface area contributed by atoms with Crippen LogP contribution in [0.15, 0.2) is 30.9 Å². The van der Waals surface area contributed by atoms with Crippen LogP contribution >= 0.6 is 0 Å². The lowest BCUT2D eigenvalue weighted by molar-refractivity contribution is 0.493. The number of piperidine rings is 1. The van der Waals surface area contributed by atoms with Crippen LogP contribution in [0.4, 0.5) is 5.95 Å². The summed E-state index contributed by atoms with van der Waals surface area (Å²) in [5, 5.41) is 13.1. The molecule has 1 aliphatic heterocycles. The molecule has 0 amide bonds. The summed E-state index contributed by atoms with van der Waals surface area (Å²) >= 11 is 0. The van der Waals surface area contributed by atoms with Crippen LogP contribution in [0, 0.1) is 0 Å². The van der Waals surface area contributed by atoms with Gasteiger partial charge in [0.2, 0.25) is 11.8 Å². The van der Waals surface area contributed by atoms with Gasteiger partial charge in [-0.05, 0) is 37.3 Å².